The number of hydrogen-bond acceptors (Lipinski definition) is 2. The summed E-state index contributed by atoms with van der Waals surface area (Å²) in [7, 11) is 0. The normalized spacial score (nSPS) is 13.1. The van der Waals surface area contributed by atoms with E-state index in [4.69, 9.17) is 5.11 Å². The first kappa shape index (κ1) is 11.9. The summed E-state index contributed by atoms with van der Waals surface area (Å²) in [6.45, 7) is -0.662. The van der Waals surface area contributed by atoms with Gasteiger partial charge in [0.25, 0.3) is 5.92 Å². The van der Waals surface area contributed by atoms with Gasteiger partial charge in [0.15, 0.2) is 0 Å². The van der Waals surface area contributed by atoms with Crippen LogP contribution >= 0.6 is 28.5 Å². The van der Waals surface area contributed by atoms with Gasteiger partial charge < -0.3 is 9.63 Å². The lowest BCUT2D eigenvalue weighted by atomic mass is 10.2. The fourth-order valence-electron chi connectivity index (χ4n) is 0.543. The average molecular weight is 298 g/mol. The molecule has 0 aromatic heterocycles. The van der Waals surface area contributed by atoms with Gasteiger partial charge in [0.05, 0.1) is 6.45 Å². The predicted octanol–water partition coefficient (Wildman–Crippen LogP) is 2.35. The molecule has 0 saturated carbocycles. The molecule has 1 atom stereocenters. The van der Waals surface area contributed by atoms with Gasteiger partial charge >= 0.3 is 0 Å². The maximum absolute atomic E-state index is 12.6. The summed E-state index contributed by atoms with van der Waals surface area (Å²) in [6.07, 6.45) is -0.175. The molecular weight excluding hydrogens is 288 g/mol. The van der Waals surface area contributed by atoms with E-state index in [0.717, 1.165) is 0 Å². The number of aliphatic hydroxyl groups is 1. The molecule has 0 radical (unpaired) electrons. The minimum atomic E-state index is -2.78. The van der Waals surface area contributed by atoms with Crippen molar-refractivity contribution >= 4 is 28.5 Å². The zero-order valence-electron chi connectivity index (χ0n) is 5.82. The van der Waals surface area contributed by atoms with Crippen LogP contribution in [0.15, 0.2) is 0 Å². The van der Waals surface area contributed by atoms with E-state index < -0.39 is 12.5 Å². The number of halogens is 3. The van der Waals surface area contributed by atoms with Crippen LogP contribution in [0.4, 0.5) is 8.78 Å². The first-order valence-corrected chi connectivity index (χ1v) is 7.11. The summed E-state index contributed by atoms with van der Waals surface area (Å²) in [5.74, 6) is -2.78. The van der Waals surface area contributed by atoms with Crippen LogP contribution in [0, 0.1) is 0 Å². The maximum atomic E-state index is 12.6. The Morgan fingerprint density at radius 2 is 2.18 bits per heavy atom. The van der Waals surface area contributed by atoms with Crippen molar-refractivity contribution in [1.29, 1.82) is 0 Å². The third kappa shape index (κ3) is 7.31. The highest BCUT2D eigenvalue weighted by atomic mass is 127. The maximum Gasteiger partial charge on any atom is 0.271 e. The van der Waals surface area contributed by atoms with E-state index in [-0.39, 0.29) is 25.9 Å². The van der Waals surface area contributed by atoms with Gasteiger partial charge in [-0.25, -0.2) is 8.78 Å². The molecule has 1 N–H and O–H groups in total. The van der Waals surface area contributed by atoms with E-state index in [2.05, 4.69) is 4.52 Å². The molecule has 0 fully saturated rings. The molecule has 0 heterocycles. The van der Waals surface area contributed by atoms with Crippen molar-refractivity contribution in [2.24, 2.45) is 0 Å². The quantitative estimate of drug-likeness (QED) is 0.602. The molecule has 0 aromatic carbocycles. The number of aliphatic hydroxyl groups excluding tert-OH is 1. The minimum absolute atomic E-state index is 0.0639. The Labute approximate surface area is 79.0 Å². The Hall–Kier alpha value is 0.940. The monoisotopic (exact) mass is 298 g/mol. The molecule has 0 aliphatic rings. The second-order valence-corrected chi connectivity index (χ2v) is 3.81. The SMILES string of the molecule is OCCCC(F)(F)COPI. The highest BCUT2D eigenvalue weighted by Gasteiger charge is 2.28. The summed E-state index contributed by atoms with van der Waals surface area (Å²) in [5.41, 5.74) is 0. The standard InChI is InChI=1S/C5H10F2IO2P/c6-5(7,2-1-3-9)4-10-11-8/h9,11H,1-4H2. The Balaban J connectivity index is 3.43. The zero-order chi connectivity index (χ0) is 8.74. The molecule has 0 saturated heterocycles. The fraction of sp³-hybridized carbons (Fsp3) is 1.00. The summed E-state index contributed by atoms with van der Waals surface area (Å²) in [4.78, 5) is 0. The van der Waals surface area contributed by atoms with Crippen molar-refractivity contribution in [2.45, 2.75) is 18.8 Å². The molecule has 0 spiro atoms. The molecule has 11 heavy (non-hydrogen) atoms. The molecule has 0 aromatic rings. The Kier molecular flexibility index (Phi) is 7.01. The van der Waals surface area contributed by atoms with Crippen LogP contribution in [0.3, 0.4) is 0 Å². The van der Waals surface area contributed by atoms with Crippen molar-refractivity contribution < 1.29 is 18.4 Å². The molecule has 2 nitrogen and oxygen atoms in total. The van der Waals surface area contributed by atoms with Gasteiger partial charge in [0, 0.05) is 13.0 Å². The van der Waals surface area contributed by atoms with Crippen molar-refractivity contribution in [2.75, 3.05) is 13.2 Å². The Bertz CT molecular complexity index is 94.5. The smallest absolute Gasteiger partial charge is 0.271 e. The predicted molar refractivity (Wildman–Crippen MR) is 49.6 cm³/mol. The van der Waals surface area contributed by atoms with Gasteiger partial charge in [0.1, 0.15) is 6.61 Å². The lowest BCUT2D eigenvalue weighted by molar-refractivity contribution is -0.0471. The van der Waals surface area contributed by atoms with Crippen molar-refractivity contribution in [3.63, 3.8) is 0 Å². The first-order valence-electron chi connectivity index (χ1n) is 3.08. The third-order valence-corrected chi connectivity index (χ3v) is 2.23. The second kappa shape index (κ2) is 6.46. The Morgan fingerprint density at radius 3 is 2.64 bits per heavy atom. The summed E-state index contributed by atoms with van der Waals surface area (Å²) in [6, 6.07) is 0. The largest absolute Gasteiger partial charge is 0.396 e. The second-order valence-electron chi connectivity index (χ2n) is 2.05. The van der Waals surface area contributed by atoms with Crippen LogP contribution < -0.4 is 0 Å². The van der Waals surface area contributed by atoms with Crippen molar-refractivity contribution in [3.05, 3.63) is 0 Å². The van der Waals surface area contributed by atoms with E-state index in [1.807, 2.05) is 22.0 Å². The lowest BCUT2D eigenvalue weighted by Crippen LogP contribution is -2.22. The Morgan fingerprint density at radius 1 is 1.55 bits per heavy atom. The molecule has 0 rings (SSSR count). The number of hydrogen-bond donors (Lipinski definition) is 1. The molecule has 6 heteroatoms. The van der Waals surface area contributed by atoms with Gasteiger partial charge in [-0.1, -0.05) is 0 Å². The van der Waals surface area contributed by atoms with Crippen molar-refractivity contribution in [1.82, 2.24) is 0 Å². The first-order chi connectivity index (χ1) is 5.12. The van der Waals surface area contributed by atoms with Gasteiger partial charge in [-0.3, -0.25) is 0 Å². The zero-order valence-corrected chi connectivity index (χ0v) is 8.98. The highest BCUT2D eigenvalue weighted by Crippen LogP contribution is 2.28. The van der Waals surface area contributed by atoms with E-state index >= 15 is 0 Å². The van der Waals surface area contributed by atoms with Crippen LogP contribution in [0.1, 0.15) is 12.8 Å². The van der Waals surface area contributed by atoms with Crippen LogP contribution in [0.5, 0.6) is 0 Å². The third-order valence-electron chi connectivity index (χ3n) is 1.04. The van der Waals surface area contributed by atoms with Gasteiger partial charge in [-0.05, 0) is 28.5 Å². The summed E-state index contributed by atoms with van der Waals surface area (Å²) in [5, 5.41) is 8.28. The topological polar surface area (TPSA) is 29.5 Å². The van der Waals surface area contributed by atoms with Crippen LogP contribution in [0.2, 0.25) is 0 Å². The molecule has 0 amide bonds. The fourth-order valence-corrected chi connectivity index (χ4v) is 1.28. The van der Waals surface area contributed by atoms with E-state index in [1.165, 1.54) is 0 Å². The molecule has 1 unspecified atom stereocenters. The van der Waals surface area contributed by atoms with Gasteiger partial charge in [-0.15, -0.1) is 0 Å². The lowest BCUT2D eigenvalue weighted by Gasteiger charge is -2.14. The molecule has 0 bridgehead atoms. The molecule has 0 aliphatic carbocycles. The summed E-state index contributed by atoms with van der Waals surface area (Å²) >= 11 is 1.89. The van der Waals surface area contributed by atoms with E-state index in [0.29, 0.717) is 0 Å². The highest BCUT2D eigenvalue weighted by molar-refractivity contribution is 14.2. The minimum Gasteiger partial charge on any atom is -0.396 e. The number of alkyl halides is 2. The van der Waals surface area contributed by atoms with E-state index in [1.54, 1.807) is 0 Å². The van der Waals surface area contributed by atoms with Crippen LogP contribution in [0.25, 0.3) is 0 Å². The molecular formula is C5H10F2IO2P. The van der Waals surface area contributed by atoms with Crippen LogP contribution in [-0.2, 0) is 4.52 Å². The summed E-state index contributed by atoms with van der Waals surface area (Å²) < 4.78 is 29.7. The van der Waals surface area contributed by atoms with Crippen molar-refractivity contribution in [3.8, 4) is 0 Å². The average Bonchev–Trinajstić information content (AvgIpc) is 1.97. The molecule has 0 aliphatic heterocycles. The number of rotatable bonds is 6. The van der Waals surface area contributed by atoms with Gasteiger partial charge in [-0.2, -0.15) is 0 Å². The molecule has 68 valence electrons. The van der Waals surface area contributed by atoms with Gasteiger partial charge in [0.2, 0.25) is 0 Å². The van der Waals surface area contributed by atoms with E-state index in [9.17, 15) is 8.78 Å². The van der Waals surface area contributed by atoms with Crippen LogP contribution in [-0.4, -0.2) is 24.2 Å².